The summed E-state index contributed by atoms with van der Waals surface area (Å²) >= 11 is 7.66. The van der Waals surface area contributed by atoms with E-state index in [4.69, 9.17) is 11.6 Å². The van der Waals surface area contributed by atoms with Crippen LogP contribution in [0.2, 0.25) is 5.02 Å². The van der Waals surface area contributed by atoms with Crippen molar-refractivity contribution in [2.24, 2.45) is 0 Å². The lowest BCUT2D eigenvalue weighted by Gasteiger charge is -2.27. The number of thioether (sulfide) groups is 1. The van der Waals surface area contributed by atoms with Gasteiger partial charge in [0.1, 0.15) is 0 Å². The summed E-state index contributed by atoms with van der Waals surface area (Å²) in [6, 6.07) is 8.22. The Hall–Kier alpha value is -1.20. The Morgan fingerprint density at radius 1 is 1.32 bits per heavy atom. The standard InChI is InChI=1S/C13H15ClN4S/c1-8(2)12-15-16-13-18(12)17-11(7-19-13)9-3-5-10(14)6-4-9/h3-6,8,11,17H,7H2,1-2H3. The molecular weight excluding hydrogens is 280 g/mol. The van der Waals surface area contributed by atoms with Crippen molar-refractivity contribution in [3.05, 3.63) is 40.7 Å². The normalized spacial score (nSPS) is 18.2. The number of fused-ring (bicyclic) bond motifs is 1. The van der Waals surface area contributed by atoms with E-state index in [1.54, 1.807) is 11.8 Å². The van der Waals surface area contributed by atoms with E-state index in [-0.39, 0.29) is 6.04 Å². The zero-order valence-electron chi connectivity index (χ0n) is 10.8. The Labute approximate surface area is 121 Å². The highest BCUT2D eigenvalue weighted by atomic mass is 35.5. The molecule has 0 saturated carbocycles. The van der Waals surface area contributed by atoms with E-state index in [1.165, 1.54) is 5.56 Å². The third kappa shape index (κ3) is 2.44. The maximum Gasteiger partial charge on any atom is 0.210 e. The minimum Gasteiger partial charge on any atom is -0.314 e. The van der Waals surface area contributed by atoms with Crippen LogP contribution < -0.4 is 5.43 Å². The predicted molar refractivity (Wildman–Crippen MR) is 78.4 cm³/mol. The van der Waals surface area contributed by atoms with Crippen molar-refractivity contribution in [1.29, 1.82) is 0 Å². The second kappa shape index (κ2) is 5.06. The van der Waals surface area contributed by atoms with Gasteiger partial charge in [-0.15, -0.1) is 10.2 Å². The summed E-state index contributed by atoms with van der Waals surface area (Å²) in [5, 5.41) is 10.2. The highest BCUT2D eigenvalue weighted by Crippen LogP contribution is 2.31. The summed E-state index contributed by atoms with van der Waals surface area (Å²) in [5.74, 6) is 2.26. The maximum atomic E-state index is 5.93. The first-order chi connectivity index (χ1) is 9.15. The molecule has 100 valence electrons. The minimum atomic E-state index is 0.253. The Bertz CT molecular complexity index is 579. The third-order valence-corrected chi connectivity index (χ3v) is 4.39. The number of nitrogens with zero attached hydrogens (tertiary/aromatic N) is 3. The molecular formula is C13H15ClN4S. The van der Waals surface area contributed by atoms with Gasteiger partial charge in [0.05, 0.1) is 6.04 Å². The van der Waals surface area contributed by atoms with Gasteiger partial charge in [0.25, 0.3) is 0 Å². The zero-order valence-corrected chi connectivity index (χ0v) is 12.4. The topological polar surface area (TPSA) is 42.7 Å². The lowest BCUT2D eigenvalue weighted by Crippen LogP contribution is -2.29. The summed E-state index contributed by atoms with van der Waals surface area (Å²) in [4.78, 5) is 0. The number of hydrogen-bond donors (Lipinski definition) is 1. The molecule has 1 aromatic heterocycles. The van der Waals surface area contributed by atoms with Crippen LogP contribution in [0.5, 0.6) is 0 Å². The highest BCUT2D eigenvalue weighted by Gasteiger charge is 2.24. The van der Waals surface area contributed by atoms with Gasteiger partial charge in [-0.1, -0.05) is 49.3 Å². The van der Waals surface area contributed by atoms with Crippen LogP contribution >= 0.6 is 23.4 Å². The number of rotatable bonds is 2. The van der Waals surface area contributed by atoms with Crippen molar-refractivity contribution in [2.45, 2.75) is 31.0 Å². The van der Waals surface area contributed by atoms with Gasteiger partial charge < -0.3 is 5.43 Å². The molecule has 0 amide bonds. The number of benzene rings is 1. The van der Waals surface area contributed by atoms with Crippen LogP contribution in [0.15, 0.2) is 29.4 Å². The van der Waals surface area contributed by atoms with E-state index in [1.807, 2.05) is 16.8 Å². The van der Waals surface area contributed by atoms with E-state index in [9.17, 15) is 0 Å². The van der Waals surface area contributed by atoms with Crippen LogP contribution in [0.3, 0.4) is 0 Å². The maximum absolute atomic E-state index is 5.93. The summed E-state index contributed by atoms with van der Waals surface area (Å²) in [5.41, 5.74) is 4.72. The van der Waals surface area contributed by atoms with Gasteiger partial charge in [-0.2, -0.15) is 0 Å². The van der Waals surface area contributed by atoms with Crippen molar-refractivity contribution in [3.63, 3.8) is 0 Å². The molecule has 1 N–H and O–H groups in total. The average molecular weight is 295 g/mol. The second-order valence-corrected chi connectivity index (χ2v) is 6.30. The molecule has 1 unspecified atom stereocenters. The Morgan fingerprint density at radius 2 is 2.05 bits per heavy atom. The first-order valence-corrected chi connectivity index (χ1v) is 7.61. The van der Waals surface area contributed by atoms with Crippen LogP contribution in [0.25, 0.3) is 0 Å². The van der Waals surface area contributed by atoms with Gasteiger partial charge in [-0.3, -0.25) is 0 Å². The molecule has 0 spiro atoms. The van der Waals surface area contributed by atoms with Crippen LogP contribution in [0, 0.1) is 0 Å². The van der Waals surface area contributed by atoms with Crippen LogP contribution in [-0.4, -0.2) is 20.6 Å². The van der Waals surface area contributed by atoms with Gasteiger partial charge in [-0.25, -0.2) is 4.68 Å². The summed E-state index contributed by atoms with van der Waals surface area (Å²) < 4.78 is 2.01. The Morgan fingerprint density at radius 3 is 2.74 bits per heavy atom. The molecule has 1 aliphatic rings. The van der Waals surface area contributed by atoms with Gasteiger partial charge in [0.15, 0.2) is 5.82 Å². The number of aromatic nitrogens is 3. The van der Waals surface area contributed by atoms with Crippen molar-refractivity contribution in [3.8, 4) is 0 Å². The monoisotopic (exact) mass is 294 g/mol. The molecule has 1 aliphatic heterocycles. The highest BCUT2D eigenvalue weighted by molar-refractivity contribution is 7.99. The largest absolute Gasteiger partial charge is 0.314 e. The quantitative estimate of drug-likeness (QED) is 0.921. The van der Waals surface area contributed by atoms with Crippen LogP contribution in [0.4, 0.5) is 0 Å². The molecule has 3 rings (SSSR count). The lowest BCUT2D eigenvalue weighted by atomic mass is 10.1. The predicted octanol–water partition coefficient (Wildman–Crippen LogP) is 3.45. The zero-order chi connectivity index (χ0) is 13.4. The smallest absolute Gasteiger partial charge is 0.210 e. The van der Waals surface area contributed by atoms with E-state index < -0.39 is 0 Å². The fourth-order valence-electron chi connectivity index (χ4n) is 2.09. The van der Waals surface area contributed by atoms with Gasteiger partial charge in [0.2, 0.25) is 5.16 Å². The van der Waals surface area contributed by atoms with E-state index >= 15 is 0 Å². The first-order valence-electron chi connectivity index (χ1n) is 6.25. The molecule has 0 aliphatic carbocycles. The number of nitrogens with one attached hydrogen (secondary N) is 1. The summed E-state index contributed by atoms with van der Waals surface area (Å²) in [6.07, 6.45) is 0. The molecule has 0 saturated heterocycles. The fourth-order valence-corrected chi connectivity index (χ4v) is 3.17. The second-order valence-electron chi connectivity index (χ2n) is 4.88. The van der Waals surface area contributed by atoms with Gasteiger partial charge in [-0.05, 0) is 17.7 Å². The molecule has 6 heteroatoms. The number of halogens is 1. The molecule has 0 fully saturated rings. The molecule has 2 heterocycles. The first kappa shape index (κ1) is 12.8. The molecule has 19 heavy (non-hydrogen) atoms. The molecule has 0 radical (unpaired) electrons. The summed E-state index contributed by atoms with van der Waals surface area (Å²) in [7, 11) is 0. The van der Waals surface area contributed by atoms with Crippen molar-refractivity contribution < 1.29 is 0 Å². The Balaban J connectivity index is 1.88. The van der Waals surface area contributed by atoms with E-state index in [2.05, 4.69) is 41.6 Å². The molecule has 4 nitrogen and oxygen atoms in total. The van der Waals surface area contributed by atoms with Gasteiger partial charge in [0, 0.05) is 16.7 Å². The van der Waals surface area contributed by atoms with E-state index in [0.29, 0.717) is 5.92 Å². The van der Waals surface area contributed by atoms with Crippen molar-refractivity contribution in [2.75, 3.05) is 11.2 Å². The third-order valence-electron chi connectivity index (χ3n) is 3.11. The lowest BCUT2D eigenvalue weighted by molar-refractivity contribution is 0.611. The molecule has 2 aromatic rings. The van der Waals surface area contributed by atoms with Crippen LogP contribution in [0.1, 0.15) is 37.2 Å². The van der Waals surface area contributed by atoms with Crippen LogP contribution in [-0.2, 0) is 0 Å². The number of hydrogen-bond acceptors (Lipinski definition) is 4. The fraction of sp³-hybridized carbons (Fsp3) is 0.385. The molecule has 1 atom stereocenters. The van der Waals surface area contributed by atoms with Crippen molar-refractivity contribution >= 4 is 23.4 Å². The summed E-state index contributed by atoms with van der Waals surface area (Å²) in [6.45, 7) is 4.24. The molecule has 1 aromatic carbocycles. The Kier molecular flexibility index (Phi) is 3.41. The average Bonchev–Trinajstić information content (AvgIpc) is 2.82. The SMILES string of the molecule is CC(C)c1nnc2n1NC(c1ccc(Cl)cc1)CS2. The van der Waals surface area contributed by atoms with Crippen molar-refractivity contribution in [1.82, 2.24) is 14.9 Å². The van der Waals surface area contributed by atoms with E-state index in [0.717, 1.165) is 21.8 Å². The minimum absolute atomic E-state index is 0.253. The molecule has 0 bridgehead atoms. The van der Waals surface area contributed by atoms with Gasteiger partial charge >= 0.3 is 0 Å².